The molecule has 3 aliphatic rings. The van der Waals surface area contributed by atoms with E-state index in [9.17, 15) is 4.79 Å². The third kappa shape index (κ3) is 4.14. The van der Waals surface area contributed by atoms with Gasteiger partial charge >= 0.3 is 5.97 Å². The Labute approximate surface area is 200 Å². The number of hydrogen-bond donors (Lipinski definition) is 1. The lowest BCUT2D eigenvalue weighted by atomic mass is 9.73. The number of nitrogens with zero attached hydrogens (tertiary/aromatic N) is 1. The lowest BCUT2D eigenvalue weighted by molar-refractivity contribution is -0.949. The molecule has 3 fully saturated rings. The van der Waals surface area contributed by atoms with E-state index >= 15 is 0 Å². The molecule has 2 bridgehead atoms. The Hall–Kier alpha value is -3.38. The van der Waals surface area contributed by atoms with E-state index < -0.39 is 6.10 Å². The zero-order chi connectivity index (χ0) is 23.7. The van der Waals surface area contributed by atoms with Gasteiger partial charge in [0.15, 0.2) is 6.10 Å². The van der Waals surface area contributed by atoms with Crippen LogP contribution in [0, 0.1) is 11.8 Å². The average molecular weight is 460 g/mol. The van der Waals surface area contributed by atoms with E-state index in [1.165, 1.54) is 11.3 Å². The van der Waals surface area contributed by atoms with Crippen LogP contribution in [0.15, 0.2) is 67.4 Å². The van der Waals surface area contributed by atoms with E-state index in [0.29, 0.717) is 23.1 Å². The van der Waals surface area contributed by atoms with Crippen molar-refractivity contribution in [3.63, 3.8) is 0 Å². The summed E-state index contributed by atoms with van der Waals surface area (Å²) in [6.07, 6.45) is 5.70. The van der Waals surface area contributed by atoms with Crippen molar-refractivity contribution in [3.8, 4) is 11.5 Å². The minimum Gasteiger partial charge on any atom is -0.497 e. The molecule has 1 unspecified atom stereocenters. The SMILES string of the molecule is C=C[C@H]1C[NH+]2CC[C@H]1C[C@H]2[C@@H](OC(=O)c1ccc(OC)cc1)c1ccnc2ccc(OC)cc12. The number of aromatic nitrogens is 1. The first-order chi connectivity index (χ1) is 16.6. The maximum absolute atomic E-state index is 13.3. The number of quaternary nitrogens is 1. The molecule has 0 saturated carbocycles. The fourth-order valence-electron chi connectivity index (χ4n) is 5.69. The first-order valence-corrected chi connectivity index (χ1v) is 11.9. The van der Waals surface area contributed by atoms with E-state index in [2.05, 4.69) is 17.6 Å². The Bertz CT molecular complexity index is 1190. The topological polar surface area (TPSA) is 62.1 Å². The van der Waals surface area contributed by atoms with Crippen LogP contribution in [-0.2, 0) is 4.74 Å². The Kier molecular flexibility index (Phi) is 6.24. The zero-order valence-corrected chi connectivity index (χ0v) is 19.7. The first kappa shape index (κ1) is 22.4. The quantitative estimate of drug-likeness (QED) is 0.432. The summed E-state index contributed by atoms with van der Waals surface area (Å²) >= 11 is 0. The number of carbonyl (C=O) groups excluding carboxylic acids is 1. The predicted octanol–water partition coefficient (Wildman–Crippen LogP) is 3.63. The fraction of sp³-hybridized carbons (Fsp3) is 0.357. The molecule has 4 heterocycles. The van der Waals surface area contributed by atoms with Gasteiger partial charge in [-0.15, -0.1) is 6.58 Å². The molecule has 6 heteroatoms. The number of benzene rings is 2. The van der Waals surface area contributed by atoms with Crippen molar-refractivity contribution >= 4 is 16.9 Å². The first-order valence-electron chi connectivity index (χ1n) is 11.9. The molecule has 2 aromatic carbocycles. The third-order valence-electron chi connectivity index (χ3n) is 7.54. The smallest absolute Gasteiger partial charge is 0.338 e. The van der Waals surface area contributed by atoms with Crippen LogP contribution in [0.4, 0.5) is 0 Å². The molecule has 176 valence electrons. The monoisotopic (exact) mass is 459 g/mol. The number of nitrogens with one attached hydrogen (secondary N) is 1. The molecule has 1 aromatic heterocycles. The Morgan fingerprint density at radius 1 is 1.12 bits per heavy atom. The largest absolute Gasteiger partial charge is 0.497 e. The highest BCUT2D eigenvalue weighted by Crippen LogP contribution is 2.37. The molecule has 0 aliphatic carbocycles. The van der Waals surface area contributed by atoms with Crippen LogP contribution in [0.5, 0.6) is 11.5 Å². The van der Waals surface area contributed by atoms with Crippen LogP contribution in [0.25, 0.3) is 10.9 Å². The van der Waals surface area contributed by atoms with Gasteiger partial charge in [0.1, 0.15) is 17.5 Å². The van der Waals surface area contributed by atoms with Gasteiger partial charge in [-0.2, -0.15) is 0 Å². The molecule has 0 amide bonds. The summed E-state index contributed by atoms with van der Waals surface area (Å²) in [6, 6.07) is 15.1. The number of esters is 1. The Morgan fingerprint density at radius 2 is 1.88 bits per heavy atom. The number of hydrogen-bond acceptors (Lipinski definition) is 5. The molecule has 34 heavy (non-hydrogen) atoms. The molecule has 1 N–H and O–H groups in total. The van der Waals surface area contributed by atoms with Crippen LogP contribution in [0.2, 0.25) is 0 Å². The van der Waals surface area contributed by atoms with E-state index in [4.69, 9.17) is 14.2 Å². The van der Waals surface area contributed by atoms with Gasteiger partial charge in [0.25, 0.3) is 0 Å². The van der Waals surface area contributed by atoms with Gasteiger partial charge in [0.2, 0.25) is 0 Å². The molecule has 6 nitrogen and oxygen atoms in total. The summed E-state index contributed by atoms with van der Waals surface area (Å²) in [5, 5.41) is 0.955. The fourth-order valence-corrected chi connectivity index (χ4v) is 5.69. The van der Waals surface area contributed by atoms with Gasteiger partial charge in [-0.25, -0.2) is 4.79 Å². The van der Waals surface area contributed by atoms with Crippen LogP contribution in [0.1, 0.15) is 34.9 Å². The summed E-state index contributed by atoms with van der Waals surface area (Å²) in [7, 11) is 3.27. The van der Waals surface area contributed by atoms with Crippen molar-refractivity contribution in [1.29, 1.82) is 0 Å². The molecule has 3 aromatic rings. The minimum atomic E-state index is -0.393. The molecule has 3 aliphatic heterocycles. The minimum absolute atomic E-state index is 0.175. The molecule has 6 rings (SSSR count). The van der Waals surface area contributed by atoms with Gasteiger partial charge in [0, 0.05) is 35.9 Å². The second-order valence-electron chi connectivity index (χ2n) is 9.24. The van der Waals surface area contributed by atoms with Gasteiger partial charge in [-0.3, -0.25) is 4.98 Å². The van der Waals surface area contributed by atoms with E-state index in [1.54, 1.807) is 44.7 Å². The molecule has 5 atom stereocenters. The Balaban J connectivity index is 1.54. The molecular formula is C28H31N2O4+. The third-order valence-corrected chi connectivity index (χ3v) is 7.54. The van der Waals surface area contributed by atoms with E-state index in [-0.39, 0.29) is 12.0 Å². The highest BCUT2D eigenvalue weighted by atomic mass is 16.5. The molecule has 0 spiro atoms. The van der Waals surface area contributed by atoms with Crippen LogP contribution < -0.4 is 14.4 Å². The number of carbonyl (C=O) groups is 1. The molecular weight excluding hydrogens is 428 g/mol. The van der Waals surface area contributed by atoms with Gasteiger partial charge in [-0.1, -0.05) is 6.08 Å². The second kappa shape index (κ2) is 9.47. The van der Waals surface area contributed by atoms with Crippen molar-refractivity contribution in [2.45, 2.75) is 25.0 Å². The predicted molar refractivity (Wildman–Crippen MR) is 130 cm³/mol. The van der Waals surface area contributed by atoms with E-state index in [0.717, 1.165) is 41.7 Å². The van der Waals surface area contributed by atoms with Crippen LogP contribution >= 0.6 is 0 Å². The number of rotatable bonds is 7. The average Bonchev–Trinajstić information content (AvgIpc) is 2.91. The number of methoxy groups -OCH3 is 2. The van der Waals surface area contributed by atoms with Crippen molar-refractivity contribution in [2.24, 2.45) is 11.8 Å². The van der Waals surface area contributed by atoms with Crippen molar-refractivity contribution in [1.82, 2.24) is 4.98 Å². The lowest BCUT2D eigenvalue weighted by Gasteiger charge is -2.48. The highest BCUT2D eigenvalue weighted by molar-refractivity contribution is 5.90. The number of piperidine rings is 3. The normalized spacial score (nSPS) is 24.4. The van der Waals surface area contributed by atoms with E-state index in [1.807, 2.05) is 24.3 Å². The van der Waals surface area contributed by atoms with Gasteiger partial charge in [0.05, 0.1) is 38.4 Å². The Morgan fingerprint density at radius 3 is 2.56 bits per heavy atom. The summed E-state index contributed by atoms with van der Waals surface area (Å²) in [5.74, 6) is 2.22. The van der Waals surface area contributed by atoms with Crippen LogP contribution in [0.3, 0.4) is 0 Å². The molecule has 3 saturated heterocycles. The van der Waals surface area contributed by atoms with Gasteiger partial charge < -0.3 is 19.1 Å². The summed E-state index contributed by atoms with van der Waals surface area (Å²) < 4.78 is 17.1. The number of ether oxygens (including phenoxy) is 3. The summed E-state index contributed by atoms with van der Waals surface area (Å²) in [5.41, 5.74) is 2.35. The van der Waals surface area contributed by atoms with Crippen molar-refractivity contribution in [3.05, 3.63) is 78.5 Å². The van der Waals surface area contributed by atoms with Crippen LogP contribution in [-0.4, -0.2) is 44.3 Å². The van der Waals surface area contributed by atoms with Crippen molar-refractivity contribution in [2.75, 3.05) is 27.3 Å². The maximum Gasteiger partial charge on any atom is 0.338 e. The number of fused-ring (bicyclic) bond motifs is 4. The second-order valence-corrected chi connectivity index (χ2v) is 9.24. The maximum atomic E-state index is 13.3. The zero-order valence-electron chi connectivity index (χ0n) is 19.7. The van der Waals surface area contributed by atoms with Gasteiger partial charge in [-0.05, 0) is 54.4 Å². The highest BCUT2D eigenvalue weighted by Gasteiger charge is 2.47. The summed E-state index contributed by atoms with van der Waals surface area (Å²) in [6.45, 7) is 6.18. The number of pyridine rings is 1. The van der Waals surface area contributed by atoms with Crippen molar-refractivity contribution < 1.29 is 23.9 Å². The lowest BCUT2D eigenvalue weighted by Crippen LogP contribution is -3.20. The standard InChI is InChI=1S/C28H30N2O4/c1-4-18-17-30-14-12-20(18)15-26(30)27(34-28(31)19-5-7-21(32-2)8-6-19)23-11-13-29-25-10-9-22(33-3)16-24(23)25/h4-11,13,16,18,20,26-27H,1,12,14-15,17H2,2-3H3/p+1/t18-,20-,26-,27-/m0/s1. The summed E-state index contributed by atoms with van der Waals surface area (Å²) in [4.78, 5) is 19.4. The molecule has 0 radical (unpaired) electrons.